The zero-order valence-corrected chi connectivity index (χ0v) is 15.9. The van der Waals surface area contributed by atoms with Crippen LogP contribution in [0.3, 0.4) is 0 Å². The van der Waals surface area contributed by atoms with Crippen molar-refractivity contribution in [3.8, 4) is 5.75 Å². The molecule has 3 rings (SSSR count). The molecule has 0 aliphatic heterocycles. The Morgan fingerprint density at radius 3 is 2.68 bits per heavy atom. The highest BCUT2D eigenvalue weighted by atomic mass is 32.2. The zero-order chi connectivity index (χ0) is 17.8. The number of Topliss-reactive ketones (excluding diaryl/α,β-unsaturated/α-hetero) is 1. The lowest BCUT2D eigenvalue weighted by Crippen LogP contribution is -2.14. The summed E-state index contributed by atoms with van der Waals surface area (Å²) in [6.45, 7) is 1.89. The van der Waals surface area contributed by atoms with Crippen LogP contribution in [0, 0.1) is 0 Å². The molecule has 1 atom stereocenters. The first-order valence-corrected chi connectivity index (χ1v) is 9.60. The third-order valence-electron chi connectivity index (χ3n) is 3.86. The second-order valence-electron chi connectivity index (χ2n) is 5.57. The number of aromatic nitrogens is 3. The van der Waals surface area contributed by atoms with Gasteiger partial charge in [0, 0.05) is 23.9 Å². The van der Waals surface area contributed by atoms with Crippen molar-refractivity contribution in [3.63, 3.8) is 0 Å². The Morgan fingerprint density at radius 2 is 2.04 bits per heavy atom. The number of benzene rings is 1. The average molecular weight is 374 g/mol. The Labute approximate surface area is 155 Å². The third-order valence-corrected chi connectivity index (χ3v) is 5.87. The third kappa shape index (κ3) is 4.11. The van der Waals surface area contributed by atoms with Crippen molar-refractivity contribution in [1.29, 1.82) is 0 Å². The summed E-state index contributed by atoms with van der Waals surface area (Å²) in [5.41, 5.74) is 0.668. The first-order chi connectivity index (χ1) is 12.1. The van der Waals surface area contributed by atoms with Crippen LogP contribution in [-0.2, 0) is 13.5 Å². The van der Waals surface area contributed by atoms with E-state index in [1.807, 2.05) is 24.6 Å². The van der Waals surface area contributed by atoms with Gasteiger partial charge in [0.05, 0.1) is 12.4 Å². The molecule has 5 nitrogen and oxygen atoms in total. The summed E-state index contributed by atoms with van der Waals surface area (Å²) in [6.07, 6.45) is 0.753. The maximum Gasteiger partial charge on any atom is 0.191 e. The highest BCUT2D eigenvalue weighted by Crippen LogP contribution is 2.26. The molecule has 1 aromatic carbocycles. The molecule has 3 aromatic rings. The molecule has 25 heavy (non-hydrogen) atoms. The summed E-state index contributed by atoms with van der Waals surface area (Å²) in [5.74, 6) is 1.70. The van der Waals surface area contributed by atoms with Crippen molar-refractivity contribution < 1.29 is 9.53 Å². The van der Waals surface area contributed by atoms with E-state index in [9.17, 15) is 4.79 Å². The topological polar surface area (TPSA) is 57.0 Å². The number of ether oxygens (including phenoxy) is 1. The number of carbonyl (C=O) groups excluding carboxylic acids is 1. The van der Waals surface area contributed by atoms with Gasteiger partial charge in [0.1, 0.15) is 11.6 Å². The van der Waals surface area contributed by atoms with Crippen molar-refractivity contribution >= 4 is 28.9 Å². The van der Waals surface area contributed by atoms with Crippen LogP contribution in [0.1, 0.15) is 28.0 Å². The summed E-state index contributed by atoms with van der Waals surface area (Å²) < 4.78 is 7.09. The van der Waals surface area contributed by atoms with Crippen molar-refractivity contribution in [2.45, 2.75) is 23.8 Å². The standard InChI is InChI=1S/C18H19N3O2S2/c1-12(17(22)13-6-8-14(23-3)9-7-13)25-18-20-19-16(21(18)2)11-15-5-4-10-24-15/h4-10,12H,11H2,1-3H3/t12-/m1/s1. The van der Waals surface area contributed by atoms with E-state index in [0.29, 0.717) is 5.56 Å². The lowest BCUT2D eigenvalue weighted by molar-refractivity contribution is 0.0994. The summed E-state index contributed by atoms with van der Waals surface area (Å²) in [4.78, 5) is 13.9. The molecule has 130 valence electrons. The molecule has 0 spiro atoms. The Balaban J connectivity index is 1.68. The van der Waals surface area contributed by atoms with Gasteiger partial charge in [-0.1, -0.05) is 17.8 Å². The molecular formula is C18H19N3O2S2. The summed E-state index contributed by atoms with van der Waals surface area (Å²) in [7, 11) is 3.55. The minimum atomic E-state index is -0.245. The van der Waals surface area contributed by atoms with Crippen LogP contribution >= 0.6 is 23.1 Å². The van der Waals surface area contributed by atoms with Crippen LogP contribution in [0.4, 0.5) is 0 Å². The fraction of sp³-hybridized carbons (Fsp3) is 0.278. The Hall–Kier alpha value is -2.12. The zero-order valence-electron chi connectivity index (χ0n) is 14.3. The quantitative estimate of drug-likeness (QED) is 0.465. The van der Waals surface area contributed by atoms with Gasteiger partial charge in [0.2, 0.25) is 0 Å². The monoisotopic (exact) mass is 373 g/mol. The van der Waals surface area contributed by atoms with Gasteiger partial charge in [0.25, 0.3) is 0 Å². The van der Waals surface area contributed by atoms with Gasteiger partial charge in [0.15, 0.2) is 10.9 Å². The number of hydrogen-bond acceptors (Lipinski definition) is 6. The normalized spacial score (nSPS) is 12.1. The fourth-order valence-electron chi connectivity index (χ4n) is 2.37. The minimum absolute atomic E-state index is 0.0652. The van der Waals surface area contributed by atoms with Crippen molar-refractivity contribution in [3.05, 3.63) is 58.0 Å². The predicted octanol–water partition coefficient (Wildman–Crippen LogP) is 3.84. The molecule has 0 bridgehead atoms. The highest BCUT2D eigenvalue weighted by molar-refractivity contribution is 8.00. The molecule has 2 aromatic heterocycles. The molecule has 7 heteroatoms. The fourth-order valence-corrected chi connectivity index (χ4v) is 3.98. The largest absolute Gasteiger partial charge is 0.497 e. The number of methoxy groups -OCH3 is 1. The molecule has 0 saturated carbocycles. The average Bonchev–Trinajstić information content (AvgIpc) is 3.26. The van der Waals surface area contributed by atoms with Crippen molar-refractivity contribution in [2.24, 2.45) is 7.05 Å². The number of hydrogen-bond donors (Lipinski definition) is 0. The van der Waals surface area contributed by atoms with E-state index in [4.69, 9.17) is 4.74 Å². The first-order valence-electron chi connectivity index (χ1n) is 7.84. The van der Waals surface area contributed by atoms with E-state index in [0.717, 1.165) is 23.2 Å². The summed E-state index contributed by atoms with van der Waals surface area (Å²) >= 11 is 3.13. The predicted molar refractivity (Wildman–Crippen MR) is 101 cm³/mol. The van der Waals surface area contributed by atoms with E-state index in [1.54, 1.807) is 42.7 Å². The maximum absolute atomic E-state index is 12.6. The van der Waals surface area contributed by atoms with Gasteiger partial charge >= 0.3 is 0 Å². The second kappa shape index (κ2) is 7.84. The first kappa shape index (κ1) is 17.7. The van der Waals surface area contributed by atoms with Gasteiger partial charge in [-0.15, -0.1) is 21.5 Å². The van der Waals surface area contributed by atoms with E-state index in [2.05, 4.69) is 21.6 Å². The van der Waals surface area contributed by atoms with Gasteiger partial charge < -0.3 is 9.30 Å². The van der Waals surface area contributed by atoms with Crippen LogP contribution in [0.25, 0.3) is 0 Å². The van der Waals surface area contributed by atoms with Gasteiger partial charge in [-0.3, -0.25) is 4.79 Å². The van der Waals surface area contributed by atoms with Crippen molar-refractivity contribution in [1.82, 2.24) is 14.8 Å². The van der Waals surface area contributed by atoms with E-state index >= 15 is 0 Å². The summed E-state index contributed by atoms with van der Waals surface area (Å²) in [5, 5.41) is 11.1. The SMILES string of the molecule is COc1ccc(C(=O)[C@@H](C)Sc2nnc(Cc3cccs3)n2C)cc1. The van der Waals surface area contributed by atoms with E-state index in [-0.39, 0.29) is 11.0 Å². The Bertz CT molecular complexity index is 842. The highest BCUT2D eigenvalue weighted by Gasteiger charge is 2.20. The van der Waals surface area contributed by atoms with Gasteiger partial charge in [-0.2, -0.15) is 0 Å². The summed E-state index contributed by atoms with van der Waals surface area (Å²) in [6, 6.07) is 11.3. The number of nitrogens with zero attached hydrogens (tertiary/aromatic N) is 3. The molecule has 0 saturated heterocycles. The number of ketones is 1. The van der Waals surface area contributed by atoms with E-state index < -0.39 is 0 Å². The van der Waals surface area contributed by atoms with Crippen LogP contribution < -0.4 is 4.74 Å². The molecule has 0 N–H and O–H groups in total. The van der Waals surface area contributed by atoms with Gasteiger partial charge in [-0.05, 0) is 42.6 Å². The number of thiophene rings is 1. The Morgan fingerprint density at radius 1 is 1.28 bits per heavy atom. The number of carbonyl (C=O) groups is 1. The number of rotatable bonds is 7. The molecule has 0 aliphatic rings. The van der Waals surface area contributed by atoms with Gasteiger partial charge in [-0.25, -0.2) is 0 Å². The smallest absolute Gasteiger partial charge is 0.191 e. The van der Waals surface area contributed by atoms with Crippen molar-refractivity contribution in [2.75, 3.05) is 7.11 Å². The van der Waals surface area contributed by atoms with Crippen LogP contribution in [0.2, 0.25) is 0 Å². The molecular weight excluding hydrogens is 354 g/mol. The van der Waals surface area contributed by atoms with Crippen LogP contribution in [-0.4, -0.2) is 32.9 Å². The molecule has 0 amide bonds. The van der Waals surface area contributed by atoms with E-state index in [1.165, 1.54) is 16.6 Å². The molecule has 0 unspecified atom stereocenters. The molecule has 2 heterocycles. The minimum Gasteiger partial charge on any atom is -0.497 e. The second-order valence-corrected chi connectivity index (χ2v) is 7.91. The Kier molecular flexibility index (Phi) is 5.55. The lowest BCUT2D eigenvalue weighted by Gasteiger charge is -2.10. The lowest BCUT2D eigenvalue weighted by atomic mass is 10.1. The number of thioether (sulfide) groups is 1. The molecule has 0 aliphatic carbocycles. The van der Waals surface area contributed by atoms with Crippen LogP contribution in [0.5, 0.6) is 5.75 Å². The maximum atomic E-state index is 12.6. The molecule has 0 fully saturated rings. The van der Waals surface area contributed by atoms with Crippen LogP contribution in [0.15, 0.2) is 46.9 Å². The molecule has 0 radical (unpaired) electrons.